The summed E-state index contributed by atoms with van der Waals surface area (Å²) in [5.74, 6) is -1.14. The van der Waals surface area contributed by atoms with Crippen LogP contribution < -0.4 is 10.2 Å². The van der Waals surface area contributed by atoms with Gasteiger partial charge in [0.05, 0.1) is 24.4 Å². The largest absolute Gasteiger partial charge is 0.379 e. The summed E-state index contributed by atoms with van der Waals surface area (Å²) in [6.45, 7) is 2.33. The van der Waals surface area contributed by atoms with Crippen molar-refractivity contribution in [2.45, 2.75) is 17.7 Å². The van der Waals surface area contributed by atoms with Gasteiger partial charge in [0.25, 0.3) is 5.91 Å². The summed E-state index contributed by atoms with van der Waals surface area (Å²) >= 11 is 6.12. The number of aromatic nitrogens is 2. The van der Waals surface area contributed by atoms with E-state index in [1.54, 1.807) is 0 Å². The number of halogens is 2. The Labute approximate surface area is 184 Å². The van der Waals surface area contributed by atoms with E-state index in [0.29, 0.717) is 5.95 Å². The van der Waals surface area contributed by atoms with Gasteiger partial charge in [0, 0.05) is 31.9 Å². The number of carbonyl (C=O) groups is 1. The Kier molecular flexibility index (Phi) is 6.37. The van der Waals surface area contributed by atoms with Gasteiger partial charge in [-0.2, -0.15) is 4.31 Å². The first-order chi connectivity index (χ1) is 14.9. The van der Waals surface area contributed by atoms with Crippen LogP contribution in [-0.4, -0.2) is 68.0 Å². The van der Waals surface area contributed by atoms with E-state index in [0.717, 1.165) is 42.4 Å². The summed E-state index contributed by atoms with van der Waals surface area (Å²) in [6, 6.07) is 3.37. The third kappa shape index (κ3) is 4.64. The monoisotopic (exact) mass is 469 g/mol. The standard InChI is InChI=1S/C19H21ClFN5O4S/c20-14-12-22-19(25-5-1-2-6-25)24-17(14)18(27)23-13-3-4-15(21)16(11-13)31(28,29)26-7-9-30-10-8-26/h3-4,11-12H,1-2,5-10H2,(H,23,27). The van der Waals surface area contributed by atoms with Crippen LogP contribution in [0.25, 0.3) is 0 Å². The lowest BCUT2D eigenvalue weighted by Crippen LogP contribution is -2.40. The van der Waals surface area contributed by atoms with Crippen LogP contribution in [0.1, 0.15) is 23.3 Å². The van der Waals surface area contributed by atoms with Crippen molar-refractivity contribution < 1.29 is 22.3 Å². The van der Waals surface area contributed by atoms with E-state index in [4.69, 9.17) is 16.3 Å². The van der Waals surface area contributed by atoms with E-state index in [1.165, 1.54) is 12.3 Å². The zero-order valence-corrected chi connectivity index (χ0v) is 18.1. The van der Waals surface area contributed by atoms with Crippen molar-refractivity contribution >= 4 is 39.2 Å². The fourth-order valence-electron chi connectivity index (χ4n) is 3.48. The van der Waals surface area contributed by atoms with Crippen LogP contribution in [0.5, 0.6) is 0 Å². The molecule has 1 amide bonds. The van der Waals surface area contributed by atoms with Crippen molar-refractivity contribution in [1.82, 2.24) is 14.3 Å². The number of ether oxygens (including phenoxy) is 1. The molecule has 166 valence electrons. The molecule has 1 N–H and O–H groups in total. The molecule has 1 aromatic carbocycles. The van der Waals surface area contributed by atoms with Crippen molar-refractivity contribution in [2.24, 2.45) is 0 Å². The molecule has 2 aliphatic rings. The number of rotatable bonds is 5. The molecule has 9 nitrogen and oxygen atoms in total. The second-order valence-electron chi connectivity index (χ2n) is 7.18. The molecule has 0 atom stereocenters. The van der Waals surface area contributed by atoms with E-state index >= 15 is 0 Å². The Morgan fingerprint density at radius 1 is 1.16 bits per heavy atom. The number of nitrogens with zero attached hydrogens (tertiary/aromatic N) is 4. The minimum Gasteiger partial charge on any atom is -0.379 e. The molecule has 12 heteroatoms. The molecule has 0 radical (unpaired) electrons. The molecule has 31 heavy (non-hydrogen) atoms. The van der Waals surface area contributed by atoms with Gasteiger partial charge >= 0.3 is 0 Å². The summed E-state index contributed by atoms with van der Waals surface area (Å²) < 4.78 is 46.4. The number of amides is 1. The maximum atomic E-state index is 14.4. The van der Waals surface area contributed by atoms with E-state index in [-0.39, 0.29) is 42.7 Å². The summed E-state index contributed by atoms with van der Waals surface area (Å²) in [5, 5.41) is 2.61. The molecule has 2 fully saturated rings. The number of sulfonamides is 1. The normalized spacial score (nSPS) is 17.7. The second kappa shape index (κ2) is 9.03. The Bertz CT molecular complexity index is 1090. The van der Waals surface area contributed by atoms with Gasteiger partial charge in [0.1, 0.15) is 10.7 Å². The van der Waals surface area contributed by atoms with Gasteiger partial charge in [-0.1, -0.05) is 11.6 Å². The van der Waals surface area contributed by atoms with Gasteiger partial charge in [-0.05, 0) is 31.0 Å². The molecule has 2 aromatic rings. The Morgan fingerprint density at radius 2 is 1.87 bits per heavy atom. The van der Waals surface area contributed by atoms with Crippen molar-refractivity contribution in [3.63, 3.8) is 0 Å². The molecular weight excluding hydrogens is 449 g/mol. The number of hydrogen-bond acceptors (Lipinski definition) is 7. The molecule has 3 heterocycles. The molecule has 0 spiro atoms. The highest BCUT2D eigenvalue weighted by atomic mass is 35.5. The van der Waals surface area contributed by atoms with Crippen molar-refractivity contribution in [1.29, 1.82) is 0 Å². The van der Waals surface area contributed by atoms with Crippen LogP contribution in [0, 0.1) is 5.82 Å². The molecular formula is C19H21ClFN5O4S. The van der Waals surface area contributed by atoms with Crippen molar-refractivity contribution in [3.05, 3.63) is 40.9 Å². The topological polar surface area (TPSA) is 105 Å². The van der Waals surface area contributed by atoms with Crippen molar-refractivity contribution in [2.75, 3.05) is 49.6 Å². The predicted molar refractivity (Wildman–Crippen MR) is 112 cm³/mol. The zero-order chi connectivity index (χ0) is 22.0. The first kappa shape index (κ1) is 21.9. The molecule has 2 aliphatic heterocycles. The molecule has 0 bridgehead atoms. The number of morpholine rings is 1. The smallest absolute Gasteiger partial charge is 0.276 e. The maximum absolute atomic E-state index is 14.4. The zero-order valence-electron chi connectivity index (χ0n) is 16.6. The highest BCUT2D eigenvalue weighted by Crippen LogP contribution is 2.25. The minimum atomic E-state index is -4.07. The average Bonchev–Trinajstić information content (AvgIpc) is 3.31. The van der Waals surface area contributed by atoms with Gasteiger partial charge < -0.3 is 15.0 Å². The van der Waals surface area contributed by atoms with E-state index in [2.05, 4.69) is 15.3 Å². The molecule has 0 aliphatic carbocycles. The lowest BCUT2D eigenvalue weighted by atomic mass is 10.3. The van der Waals surface area contributed by atoms with Crippen LogP contribution in [0.3, 0.4) is 0 Å². The van der Waals surface area contributed by atoms with Crippen LogP contribution in [0.4, 0.5) is 16.0 Å². The minimum absolute atomic E-state index is 0.0412. The first-order valence-corrected chi connectivity index (χ1v) is 11.6. The first-order valence-electron chi connectivity index (χ1n) is 9.82. The fourth-order valence-corrected chi connectivity index (χ4v) is 5.16. The summed E-state index contributed by atoms with van der Waals surface area (Å²) in [7, 11) is -4.07. The Hall–Kier alpha value is -2.34. The SMILES string of the molecule is O=C(Nc1ccc(F)c(S(=O)(=O)N2CCOCC2)c1)c1nc(N2CCCC2)ncc1Cl. The van der Waals surface area contributed by atoms with E-state index < -0.39 is 26.6 Å². The number of hydrogen-bond donors (Lipinski definition) is 1. The summed E-state index contributed by atoms with van der Waals surface area (Å²) in [6.07, 6.45) is 3.39. The quantitative estimate of drug-likeness (QED) is 0.715. The Morgan fingerprint density at radius 3 is 2.58 bits per heavy atom. The lowest BCUT2D eigenvalue weighted by Gasteiger charge is -2.26. The van der Waals surface area contributed by atoms with Gasteiger partial charge in [-0.15, -0.1) is 0 Å². The number of benzene rings is 1. The number of nitrogens with one attached hydrogen (secondary N) is 1. The lowest BCUT2D eigenvalue weighted by molar-refractivity contribution is 0.0729. The maximum Gasteiger partial charge on any atom is 0.276 e. The molecule has 0 saturated carbocycles. The third-order valence-electron chi connectivity index (χ3n) is 5.11. The summed E-state index contributed by atoms with van der Waals surface area (Å²) in [5.41, 5.74) is 0.0658. The molecule has 0 unspecified atom stereocenters. The van der Waals surface area contributed by atoms with Crippen LogP contribution in [-0.2, 0) is 14.8 Å². The molecule has 4 rings (SSSR count). The van der Waals surface area contributed by atoms with E-state index in [1.807, 2.05) is 4.90 Å². The van der Waals surface area contributed by atoms with Gasteiger partial charge in [-0.25, -0.2) is 22.8 Å². The van der Waals surface area contributed by atoms with Crippen molar-refractivity contribution in [3.8, 4) is 0 Å². The molecule has 2 saturated heterocycles. The van der Waals surface area contributed by atoms with Crippen LogP contribution in [0.2, 0.25) is 5.02 Å². The number of anilines is 2. The highest BCUT2D eigenvalue weighted by molar-refractivity contribution is 7.89. The third-order valence-corrected chi connectivity index (χ3v) is 7.30. The fraction of sp³-hybridized carbons (Fsp3) is 0.421. The summed E-state index contributed by atoms with van der Waals surface area (Å²) in [4.78, 5) is 22.7. The van der Waals surface area contributed by atoms with Crippen LogP contribution >= 0.6 is 11.6 Å². The average molecular weight is 470 g/mol. The van der Waals surface area contributed by atoms with Crippen LogP contribution in [0.15, 0.2) is 29.3 Å². The predicted octanol–water partition coefficient (Wildman–Crippen LogP) is 2.14. The van der Waals surface area contributed by atoms with E-state index in [9.17, 15) is 17.6 Å². The van der Waals surface area contributed by atoms with Gasteiger partial charge in [-0.3, -0.25) is 4.79 Å². The molecule has 1 aromatic heterocycles. The highest BCUT2D eigenvalue weighted by Gasteiger charge is 2.29. The van der Waals surface area contributed by atoms with Gasteiger partial charge in [0.2, 0.25) is 16.0 Å². The Balaban J connectivity index is 1.58. The second-order valence-corrected chi connectivity index (χ2v) is 9.49. The number of carbonyl (C=O) groups excluding carboxylic acids is 1. The van der Waals surface area contributed by atoms with Gasteiger partial charge in [0.15, 0.2) is 5.69 Å².